The zero-order chi connectivity index (χ0) is 29.4. The van der Waals surface area contributed by atoms with Crippen molar-refractivity contribution in [3.63, 3.8) is 0 Å². The molecule has 40 heavy (non-hydrogen) atoms. The minimum Gasteiger partial charge on any atom is -0.475 e. The van der Waals surface area contributed by atoms with Crippen LogP contribution in [0.4, 0.5) is 29.6 Å². The molecule has 11 nitrogen and oxygen atoms in total. The van der Waals surface area contributed by atoms with Gasteiger partial charge in [-0.1, -0.05) is 12.1 Å². The molecule has 0 bridgehead atoms. The fourth-order valence-electron chi connectivity index (χ4n) is 4.14. The van der Waals surface area contributed by atoms with E-state index in [0.29, 0.717) is 31.5 Å². The number of carbonyl (C=O) groups excluding carboxylic acids is 1. The van der Waals surface area contributed by atoms with E-state index in [1.807, 2.05) is 30.3 Å². The third-order valence-corrected chi connectivity index (χ3v) is 6.33. The predicted molar refractivity (Wildman–Crippen MR) is 140 cm³/mol. The van der Waals surface area contributed by atoms with Gasteiger partial charge in [0.15, 0.2) is 0 Å². The molecule has 2 aliphatic rings. The van der Waals surface area contributed by atoms with Crippen LogP contribution in [0.3, 0.4) is 0 Å². The highest BCUT2D eigenvalue weighted by atomic mass is 19.4. The summed E-state index contributed by atoms with van der Waals surface area (Å²) in [5.41, 5.74) is 4.88. The number of morpholine rings is 1. The second-order valence-electron chi connectivity index (χ2n) is 9.58. The Morgan fingerprint density at radius 1 is 1.23 bits per heavy atom. The highest BCUT2D eigenvalue weighted by molar-refractivity contribution is 5.89. The van der Waals surface area contributed by atoms with Crippen LogP contribution in [-0.2, 0) is 22.6 Å². The van der Waals surface area contributed by atoms with E-state index in [1.165, 1.54) is 5.56 Å². The highest BCUT2D eigenvalue weighted by Crippen LogP contribution is 2.34. The average molecular weight is 564 g/mol. The van der Waals surface area contributed by atoms with Crippen molar-refractivity contribution in [2.24, 2.45) is 0 Å². The van der Waals surface area contributed by atoms with Gasteiger partial charge in [0.2, 0.25) is 5.95 Å². The fourth-order valence-corrected chi connectivity index (χ4v) is 4.14. The maximum absolute atomic E-state index is 12.0. The summed E-state index contributed by atoms with van der Waals surface area (Å²) in [4.78, 5) is 35.5. The second kappa shape index (κ2) is 13.4. The smallest absolute Gasteiger partial charge is 0.475 e. The lowest BCUT2D eigenvalue weighted by Crippen LogP contribution is -2.44. The Morgan fingerprint density at radius 2 is 1.90 bits per heavy atom. The number of hydrogen-bond acceptors (Lipinski definition) is 8. The number of aliphatic carboxylic acids is 1. The Balaban J connectivity index is 0.000000559. The number of hydrogen-bond donors (Lipinski definition) is 3. The van der Waals surface area contributed by atoms with Gasteiger partial charge >= 0.3 is 18.2 Å². The number of aromatic nitrogens is 2. The molecule has 1 fully saturated rings. The Hall–Kier alpha value is -3.96. The molecule has 0 radical (unpaired) electrons. The van der Waals surface area contributed by atoms with Crippen molar-refractivity contribution in [2.45, 2.75) is 58.5 Å². The van der Waals surface area contributed by atoms with Gasteiger partial charge < -0.3 is 25.4 Å². The van der Waals surface area contributed by atoms with Crippen molar-refractivity contribution < 1.29 is 32.6 Å². The normalized spacial score (nSPS) is 16.9. The first-order valence-electron chi connectivity index (χ1n) is 12.7. The summed E-state index contributed by atoms with van der Waals surface area (Å²) in [6, 6.07) is 10.0. The molecule has 3 heterocycles. The van der Waals surface area contributed by atoms with Gasteiger partial charge in [-0.15, -0.1) is 0 Å². The molecule has 1 aromatic carbocycles. The molecule has 3 N–H and O–H groups in total. The molecule has 4 rings (SSSR count). The van der Waals surface area contributed by atoms with Crippen molar-refractivity contribution >= 4 is 23.6 Å². The molecule has 2 aliphatic heterocycles. The van der Waals surface area contributed by atoms with Gasteiger partial charge in [0, 0.05) is 49.0 Å². The fraction of sp³-hybridized carbons (Fsp3) is 0.500. The number of nitrogens with zero attached hydrogens (tertiary/aromatic N) is 5. The SMILES string of the molecule is CC(C)N1Cc2nc(N3CCOCC3C)nc(-c3ccc(NC(=O)NCCC#N)cc3)c2C1.O=C(O)C(F)(F)F. The van der Waals surface area contributed by atoms with Crippen LogP contribution in [0.15, 0.2) is 24.3 Å². The second-order valence-corrected chi connectivity index (χ2v) is 9.58. The van der Waals surface area contributed by atoms with Gasteiger partial charge in [0.1, 0.15) is 0 Å². The quantitative estimate of drug-likeness (QED) is 0.448. The molecule has 1 aromatic heterocycles. The molecule has 14 heteroatoms. The number of alkyl halides is 3. The maximum atomic E-state index is 12.0. The van der Waals surface area contributed by atoms with Gasteiger partial charge in [0.05, 0.1) is 43.1 Å². The molecular weight excluding hydrogens is 531 g/mol. The number of amides is 2. The number of ether oxygens (including phenoxy) is 1. The van der Waals surface area contributed by atoms with Gasteiger partial charge in [-0.05, 0) is 32.9 Å². The number of carboxylic acids is 1. The lowest BCUT2D eigenvalue weighted by molar-refractivity contribution is -0.192. The minimum atomic E-state index is -5.08. The summed E-state index contributed by atoms with van der Waals surface area (Å²) in [6.45, 7) is 10.6. The molecular formula is C26H32F3N7O4. The Kier molecular flexibility index (Phi) is 10.2. The number of anilines is 2. The first-order valence-corrected chi connectivity index (χ1v) is 12.7. The number of nitrogens with one attached hydrogen (secondary N) is 2. The molecule has 1 unspecified atom stereocenters. The number of fused-ring (bicyclic) bond motifs is 1. The standard InChI is InChI=1S/C24H31N7O2.C2HF3O2/c1-16(2)30-13-20-21(14-30)28-23(31-11-12-33-15-17(31)3)29-22(20)18-5-7-19(8-6-18)27-24(32)26-10-4-9-25;3-2(4,5)1(6)7/h5-8,16-17H,4,10-15H2,1-3H3,(H2,26,27,32);(H,6,7). The lowest BCUT2D eigenvalue weighted by Gasteiger charge is -2.33. The van der Waals surface area contributed by atoms with Gasteiger partial charge in [0.25, 0.3) is 0 Å². The Labute approximate surface area is 230 Å². The number of nitriles is 1. The van der Waals surface area contributed by atoms with Gasteiger partial charge in [-0.3, -0.25) is 4.90 Å². The van der Waals surface area contributed by atoms with Crippen LogP contribution in [-0.4, -0.2) is 76.5 Å². The minimum absolute atomic E-state index is 0.221. The van der Waals surface area contributed by atoms with E-state index in [4.69, 9.17) is 29.9 Å². The van der Waals surface area contributed by atoms with Crippen LogP contribution in [0.1, 0.15) is 38.4 Å². The maximum Gasteiger partial charge on any atom is 0.490 e. The number of halogens is 3. The van der Waals surface area contributed by atoms with Crippen LogP contribution in [0.25, 0.3) is 11.3 Å². The number of carbonyl (C=O) groups is 2. The van der Waals surface area contributed by atoms with E-state index >= 15 is 0 Å². The summed E-state index contributed by atoms with van der Waals surface area (Å²) in [6.07, 6.45) is -4.80. The molecule has 0 spiro atoms. The Bertz CT molecular complexity index is 1230. The topological polar surface area (TPSA) is 144 Å². The molecule has 2 amide bonds. The summed E-state index contributed by atoms with van der Waals surface area (Å²) < 4.78 is 37.3. The van der Waals surface area contributed by atoms with Crippen LogP contribution in [0.5, 0.6) is 0 Å². The first-order chi connectivity index (χ1) is 18.9. The van der Waals surface area contributed by atoms with Crippen molar-refractivity contribution in [3.8, 4) is 17.3 Å². The summed E-state index contributed by atoms with van der Waals surface area (Å²) in [5, 5.41) is 21.2. The van der Waals surface area contributed by atoms with Crippen molar-refractivity contribution in [3.05, 3.63) is 35.5 Å². The number of carboxylic acid groups (broad SMARTS) is 1. The van der Waals surface area contributed by atoms with E-state index in [0.717, 1.165) is 42.5 Å². The number of benzene rings is 1. The van der Waals surface area contributed by atoms with Crippen molar-refractivity contribution in [1.29, 1.82) is 5.26 Å². The summed E-state index contributed by atoms with van der Waals surface area (Å²) in [7, 11) is 0. The zero-order valence-corrected chi connectivity index (χ0v) is 22.5. The van der Waals surface area contributed by atoms with E-state index in [-0.39, 0.29) is 18.5 Å². The molecule has 1 saturated heterocycles. The summed E-state index contributed by atoms with van der Waals surface area (Å²) >= 11 is 0. The van der Waals surface area contributed by atoms with Crippen molar-refractivity contribution in [2.75, 3.05) is 36.5 Å². The molecule has 1 atom stereocenters. The van der Waals surface area contributed by atoms with E-state index in [2.05, 4.69) is 41.2 Å². The van der Waals surface area contributed by atoms with Crippen LogP contribution in [0.2, 0.25) is 0 Å². The largest absolute Gasteiger partial charge is 0.490 e. The van der Waals surface area contributed by atoms with E-state index in [1.54, 1.807) is 0 Å². The van der Waals surface area contributed by atoms with Crippen LogP contribution >= 0.6 is 0 Å². The third kappa shape index (κ3) is 8.03. The van der Waals surface area contributed by atoms with Crippen molar-refractivity contribution in [1.82, 2.24) is 20.2 Å². The average Bonchev–Trinajstić information content (AvgIpc) is 3.34. The van der Waals surface area contributed by atoms with Crippen LogP contribution in [0, 0.1) is 11.3 Å². The third-order valence-electron chi connectivity index (χ3n) is 6.33. The first kappa shape index (κ1) is 30.6. The molecule has 0 aliphatic carbocycles. The monoisotopic (exact) mass is 563 g/mol. The van der Waals surface area contributed by atoms with Gasteiger partial charge in [-0.2, -0.15) is 18.4 Å². The van der Waals surface area contributed by atoms with E-state index < -0.39 is 12.1 Å². The van der Waals surface area contributed by atoms with Crippen LogP contribution < -0.4 is 15.5 Å². The molecule has 0 saturated carbocycles. The molecule has 216 valence electrons. The van der Waals surface area contributed by atoms with Gasteiger partial charge in [-0.25, -0.2) is 19.6 Å². The molecule has 2 aromatic rings. The predicted octanol–water partition coefficient (Wildman–Crippen LogP) is 3.76. The lowest BCUT2D eigenvalue weighted by atomic mass is 10.1. The number of rotatable bonds is 6. The number of urea groups is 1. The zero-order valence-electron chi connectivity index (χ0n) is 22.5. The highest BCUT2D eigenvalue weighted by Gasteiger charge is 2.38. The van der Waals surface area contributed by atoms with E-state index in [9.17, 15) is 18.0 Å². The summed E-state index contributed by atoms with van der Waals surface area (Å²) in [5.74, 6) is -2.00. The Morgan fingerprint density at radius 3 is 2.48 bits per heavy atom.